The van der Waals surface area contributed by atoms with Crippen molar-refractivity contribution in [3.8, 4) is 12.3 Å². The quantitative estimate of drug-likeness (QED) is 0.809. The number of aliphatic hydroxyl groups is 1. The summed E-state index contributed by atoms with van der Waals surface area (Å²) in [6.45, 7) is 0. The van der Waals surface area contributed by atoms with Crippen LogP contribution >= 0.6 is 27.5 Å². The molecule has 1 rings (SSSR count). The number of benzene rings is 1. The predicted molar refractivity (Wildman–Crippen MR) is 57.6 cm³/mol. The van der Waals surface area contributed by atoms with E-state index in [0.29, 0.717) is 11.4 Å². The Labute approximate surface area is 90.9 Å². The first kappa shape index (κ1) is 10.6. The van der Waals surface area contributed by atoms with E-state index in [1.165, 1.54) is 0 Å². The van der Waals surface area contributed by atoms with Gasteiger partial charge < -0.3 is 5.11 Å². The standard InChI is InChI=1S/C10H8BrClO/c1-2-3-10(13)8-6-7(12)4-5-9(8)11/h1,4-6,10,13H,3H2. The maximum Gasteiger partial charge on any atom is 0.0910 e. The van der Waals surface area contributed by atoms with Crippen LogP contribution in [0.15, 0.2) is 22.7 Å². The molecular weight excluding hydrogens is 251 g/mol. The molecule has 0 aliphatic carbocycles. The molecule has 1 aromatic rings. The van der Waals surface area contributed by atoms with Gasteiger partial charge in [-0.05, 0) is 23.8 Å². The van der Waals surface area contributed by atoms with Crippen LogP contribution in [0.1, 0.15) is 18.1 Å². The Morgan fingerprint density at radius 3 is 2.92 bits per heavy atom. The van der Waals surface area contributed by atoms with Crippen molar-refractivity contribution in [1.29, 1.82) is 0 Å². The van der Waals surface area contributed by atoms with Crippen LogP contribution in [0.25, 0.3) is 0 Å². The third kappa shape index (κ3) is 2.73. The van der Waals surface area contributed by atoms with Crippen molar-refractivity contribution in [3.63, 3.8) is 0 Å². The second-order valence-corrected chi connectivity index (χ2v) is 3.88. The monoisotopic (exact) mass is 258 g/mol. The number of halogens is 2. The predicted octanol–water partition coefficient (Wildman–Crippen LogP) is 3.16. The Hall–Kier alpha value is -0.490. The van der Waals surface area contributed by atoms with Crippen molar-refractivity contribution in [3.05, 3.63) is 33.3 Å². The molecule has 68 valence electrons. The molecule has 0 bridgehead atoms. The lowest BCUT2D eigenvalue weighted by Crippen LogP contribution is -1.96. The molecule has 1 N–H and O–H groups in total. The van der Waals surface area contributed by atoms with Crippen molar-refractivity contribution in [2.45, 2.75) is 12.5 Å². The minimum atomic E-state index is -0.655. The number of hydrogen-bond donors (Lipinski definition) is 1. The molecule has 0 saturated heterocycles. The first-order chi connectivity index (χ1) is 6.15. The third-order valence-corrected chi connectivity index (χ3v) is 2.59. The van der Waals surface area contributed by atoms with Crippen LogP contribution < -0.4 is 0 Å². The molecule has 0 fully saturated rings. The van der Waals surface area contributed by atoms with E-state index in [-0.39, 0.29) is 0 Å². The Morgan fingerprint density at radius 2 is 2.31 bits per heavy atom. The van der Waals surface area contributed by atoms with Crippen LogP contribution in [-0.2, 0) is 0 Å². The second kappa shape index (κ2) is 4.66. The van der Waals surface area contributed by atoms with Gasteiger partial charge in [-0.2, -0.15) is 0 Å². The highest BCUT2D eigenvalue weighted by molar-refractivity contribution is 9.10. The van der Waals surface area contributed by atoms with Crippen molar-refractivity contribution < 1.29 is 5.11 Å². The van der Waals surface area contributed by atoms with Gasteiger partial charge >= 0.3 is 0 Å². The van der Waals surface area contributed by atoms with Gasteiger partial charge in [0.25, 0.3) is 0 Å². The van der Waals surface area contributed by atoms with E-state index in [1.807, 2.05) is 0 Å². The van der Waals surface area contributed by atoms with Crippen molar-refractivity contribution in [1.82, 2.24) is 0 Å². The summed E-state index contributed by atoms with van der Waals surface area (Å²) in [5, 5.41) is 10.2. The third-order valence-electron chi connectivity index (χ3n) is 1.63. The van der Waals surface area contributed by atoms with Crippen LogP contribution in [-0.4, -0.2) is 5.11 Å². The number of hydrogen-bond acceptors (Lipinski definition) is 1. The molecule has 0 aliphatic heterocycles. The molecule has 0 amide bonds. The summed E-state index contributed by atoms with van der Waals surface area (Å²) in [6.07, 6.45) is 4.73. The molecule has 1 atom stereocenters. The van der Waals surface area contributed by atoms with Gasteiger partial charge in [-0.25, -0.2) is 0 Å². The average Bonchev–Trinajstić information content (AvgIpc) is 2.09. The summed E-state index contributed by atoms with van der Waals surface area (Å²) in [7, 11) is 0. The lowest BCUT2D eigenvalue weighted by molar-refractivity contribution is 0.183. The van der Waals surface area contributed by atoms with Crippen molar-refractivity contribution >= 4 is 27.5 Å². The first-order valence-corrected chi connectivity index (χ1v) is 4.88. The van der Waals surface area contributed by atoms with E-state index in [1.54, 1.807) is 18.2 Å². The van der Waals surface area contributed by atoms with Gasteiger partial charge in [0.1, 0.15) is 0 Å². The maximum atomic E-state index is 9.59. The number of terminal acetylenes is 1. The summed E-state index contributed by atoms with van der Waals surface area (Å²) < 4.78 is 0.819. The van der Waals surface area contributed by atoms with Gasteiger partial charge in [0.2, 0.25) is 0 Å². The van der Waals surface area contributed by atoms with E-state index in [2.05, 4.69) is 21.9 Å². The highest BCUT2D eigenvalue weighted by Gasteiger charge is 2.10. The topological polar surface area (TPSA) is 20.2 Å². The van der Waals surface area contributed by atoms with E-state index in [0.717, 1.165) is 10.0 Å². The summed E-state index contributed by atoms with van der Waals surface area (Å²) in [5.74, 6) is 2.40. The van der Waals surface area contributed by atoms with Crippen LogP contribution in [0, 0.1) is 12.3 Å². The summed E-state index contributed by atoms with van der Waals surface area (Å²) >= 11 is 9.09. The summed E-state index contributed by atoms with van der Waals surface area (Å²) in [4.78, 5) is 0. The van der Waals surface area contributed by atoms with Crippen LogP contribution in [0.4, 0.5) is 0 Å². The molecule has 0 spiro atoms. The first-order valence-electron chi connectivity index (χ1n) is 3.71. The Balaban J connectivity index is 3.00. The Morgan fingerprint density at radius 1 is 1.62 bits per heavy atom. The highest BCUT2D eigenvalue weighted by Crippen LogP contribution is 2.28. The lowest BCUT2D eigenvalue weighted by Gasteiger charge is -2.09. The molecule has 0 saturated carbocycles. The smallest absolute Gasteiger partial charge is 0.0910 e. The minimum absolute atomic E-state index is 0.291. The molecule has 0 radical (unpaired) electrons. The van der Waals surface area contributed by atoms with Gasteiger partial charge in [-0.3, -0.25) is 0 Å². The number of aliphatic hydroxyl groups excluding tert-OH is 1. The fraction of sp³-hybridized carbons (Fsp3) is 0.200. The van der Waals surface area contributed by atoms with Crippen molar-refractivity contribution in [2.75, 3.05) is 0 Å². The molecule has 1 unspecified atom stereocenters. The number of rotatable bonds is 2. The second-order valence-electron chi connectivity index (χ2n) is 2.59. The minimum Gasteiger partial charge on any atom is -0.387 e. The fourth-order valence-corrected chi connectivity index (χ4v) is 1.68. The average molecular weight is 260 g/mol. The SMILES string of the molecule is C#CCC(O)c1cc(Cl)ccc1Br. The zero-order chi connectivity index (χ0) is 9.84. The molecule has 13 heavy (non-hydrogen) atoms. The maximum absolute atomic E-state index is 9.59. The lowest BCUT2D eigenvalue weighted by atomic mass is 10.1. The summed E-state index contributed by atoms with van der Waals surface area (Å²) in [6, 6.07) is 5.24. The Kier molecular flexibility index (Phi) is 3.80. The van der Waals surface area contributed by atoms with Crippen LogP contribution in [0.2, 0.25) is 5.02 Å². The van der Waals surface area contributed by atoms with Crippen LogP contribution in [0.5, 0.6) is 0 Å². The molecule has 1 nitrogen and oxygen atoms in total. The summed E-state index contributed by atoms with van der Waals surface area (Å²) in [5.41, 5.74) is 0.727. The van der Waals surface area contributed by atoms with Gasteiger partial charge in [-0.1, -0.05) is 27.5 Å². The van der Waals surface area contributed by atoms with E-state index in [4.69, 9.17) is 18.0 Å². The van der Waals surface area contributed by atoms with E-state index < -0.39 is 6.10 Å². The molecule has 1 aromatic carbocycles. The normalized spacial score (nSPS) is 12.2. The zero-order valence-electron chi connectivity index (χ0n) is 6.80. The van der Waals surface area contributed by atoms with Gasteiger partial charge in [-0.15, -0.1) is 12.3 Å². The zero-order valence-corrected chi connectivity index (χ0v) is 9.14. The largest absolute Gasteiger partial charge is 0.387 e. The Bertz CT molecular complexity index is 343. The van der Waals surface area contributed by atoms with Gasteiger partial charge in [0.15, 0.2) is 0 Å². The molecule has 0 aliphatic rings. The van der Waals surface area contributed by atoms with E-state index in [9.17, 15) is 5.11 Å². The molecule has 0 heterocycles. The molecular formula is C10H8BrClO. The molecule has 3 heteroatoms. The van der Waals surface area contributed by atoms with E-state index >= 15 is 0 Å². The fourth-order valence-electron chi connectivity index (χ4n) is 0.992. The van der Waals surface area contributed by atoms with Crippen molar-refractivity contribution in [2.24, 2.45) is 0 Å². The van der Waals surface area contributed by atoms with Crippen LogP contribution in [0.3, 0.4) is 0 Å². The van der Waals surface area contributed by atoms with Gasteiger partial charge in [0, 0.05) is 15.9 Å². The van der Waals surface area contributed by atoms with Gasteiger partial charge in [0.05, 0.1) is 6.10 Å². The molecule has 0 aromatic heterocycles. The highest BCUT2D eigenvalue weighted by atomic mass is 79.9.